The molecule has 11 heteroatoms. The maximum Gasteiger partial charge on any atom is 0.264 e. The Kier molecular flexibility index (Phi) is 8.53. The van der Waals surface area contributed by atoms with Crippen LogP contribution in [0, 0.1) is 11.6 Å². The van der Waals surface area contributed by atoms with E-state index in [0.29, 0.717) is 29.0 Å². The summed E-state index contributed by atoms with van der Waals surface area (Å²) >= 11 is 5.91. The van der Waals surface area contributed by atoms with Gasteiger partial charge in [-0.2, -0.15) is 8.42 Å². The number of benzene rings is 3. The monoisotopic (exact) mass is 543 g/mol. The van der Waals surface area contributed by atoms with Gasteiger partial charge in [0.25, 0.3) is 20.1 Å². The SMILES string of the molecule is C[C@H](c1ccccc1CCCOS(C)(=O)=O)N(c1cc(F)ccc1F)S(=O)(=O)c1ccc(Cl)cc1. The minimum absolute atomic E-state index is 0.0487. The predicted molar refractivity (Wildman–Crippen MR) is 131 cm³/mol. The summed E-state index contributed by atoms with van der Waals surface area (Å²) in [6, 6.07) is 14.0. The summed E-state index contributed by atoms with van der Waals surface area (Å²) in [7, 11) is -7.95. The van der Waals surface area contributed by atoms with E-state index in [1.165, 1.54) is 24.3 Å². The molecule has 0 saturated carbocycles. The molecule has 0 aliphatic heterocycles. The molecule has 0 amide bonds. The van der Waals surface area contributed by atoms with E-state index in [9.17, 15) is 25.6 Å². The first-order chi connectivity index (χ1) is 16.4. The van der Waals surface area contributed by atoms with Crippen LogP contribution < -0.4 is 4.31 Å². The molecular formula is C24H24ClF2NO5S2. The van der Waals surface area contributed by atoms with Crippen molar-refractivity contribution in [2.45, 2.75) is 30.7 Å². The first-order valence-electron chi connectivity index (χ1n) is 10.6. The smallest absolute Gasteiger partial charge is 0.264 e. The lowest BCUT2D eigenvalue weighted by atomic mass is 9.97. The Balaban J connectivity index is 2.07. The number of hydrogen-bond donors (Lipinski definition) is 0. The second-order valence-corrected chi connectivity index (χ2v) is 11.8. The molecule has 0 aliphatic carbocycles. The van der Waals surface area contributed by atoms with Gasteiger partial charge in [0.1, 0.15) is 11.6 Å². The van der Waals surface area contributed by atoms with E-state index in [4.69, 9.17) is 15.8 Å². The quantitative estimate of drug-likeness (QED) is 0.250. The second kappa shape index (κ2) is 11.0. The highest BCUT2D eigenvalue weighted by Crippen LogP contribution is 2.37. The number of aryl methyl sites for hydroxylation is 1. The van der Waals surface area contributed by atoms with Gasteiger partial charge in [0.15, 0.2) is 0 Å². The van der Waals surface area contributed by atoms with Gasteiger partial charge in [-0.05, 0) is 67.3 Å². The molecule has 0 N–H and O–H groups in total. The average Bonchev–Trinajstić information content (AvgIpc) is 2.79. The fraction of sp³-hybridized carbons (Fsp3) is 0.250. The van der Waals surface area contributed by atoms with Crippen LogP contribution in [0.15, 0.2) is 71.6 Å². The molecule has 0 fully saturated rings. The van der Waals surface area contributed by atoms with Crippen LogP contribution >= 0.6 is 11.6 Å². The molecule has 0 bridgehead atoms. The first-order valence-corrected chi connectivity index (χ1v) is 14.2. The van der Waals surface area contributed by atoms with Crippen molar-refractivity contribution >= 4 is 37.4 Å². The van der Waals surface area contributed by atoms with Crippen molar-refractivity contribution in [3.63, 3.8) is 0 Å². The van der Waals surface area contributed by atoms with Crippen molar-refractivity contribution in [3.8, 4) is 0 Å². The number of hydrogen-bond acceptors (Lipinski definition) is 5. The highest BCUT2D eigenvalue weighted by atomic mass is 35.5. The summed E-state index contributed by atoms with van der Waals surface area (Å²) in [6.45, 7) is 1.52. The molecule has 3 rings (SSSR count). The summed E-state index contributed by atoms with van der Waals surface area (Å²) in [4.78, 5) is -0.142. The van der Waals surface area contributed by atoms with Gasteiger partial charge in [0, 0.05) is 11.1 Å². The van der Waals surface area contributed by atoms with Crippen LogP contribution in [-0.4, -0.2) is 29.7 Å². The summed E-state index contributed by atoms with van der Waals surface area (Å²) in [5.74, 6) is -1.70. The third kappa shape index (κ3) is 6.78. The Bertz CT molecular complexity index is 1400. The van der Waals surface area contributed by atoms with Crippen molar-refractivity contribution < 1.29 is 29.8 Å². The molecule has 35 heavy (non-hydrogen) atoms. The summed E-state index contributed by atoms with van der Waals surface area (Å²) in [5.41, 5.74) is 0.820. The standard InChI is InChI=1S/C24H24ClF2NO5S2/c1-17(22-8-4-3-6-18(22)7-5-15-33-34(2,29)30)28(24-16-20(26)11-14-23(24)27)35(31,32)21-12-9-19(25)10-13-21/h3-4,6,8-14,16-17H,5,7,15H2,1-2H3/t17-/m1/s1. The lowest BCUT2D eigenvalue weighted by molar-refractivity contribution is 0.315. The molecular weight excluding hydrogens is 520 g/mol. The molecule has 0 radical (unpaired) electrons. The molecule has 0 unspecified atom stereocenters. The summed E-state index contributed by atoms with van der Waals surface area (Å²) < 4.78 is 84.5. The molecule has 3 aromatic rings. The maximum atomic E-state index is 14.9. The summed E-state index contributed by atoms with van der Waals surface area (Å²) in [5, 5.41) is 0.321. The fourth-order valence-corrected chi connectivity index (χ4v) is 5.87. The lowest BCUT2D eigenvalue weighted by Gasteiger charge is -2.32. The van der Waals surface area contributed by atoms with Gasteiger partial charge in [-0.3, -0.25) is 8.49 Å². The lowest BCUT2D eigenvalue weighted by Crippen LogP contribution is -2.35. The predicted octanol–water partition coefficient (Wildman–Crippen LogP) is 5.48. The van der Waals surface area contributed by atoms with Gasteiger partial charge in [0.2, 0.25) is 0 Å². The minimum atomic E-state index is -4.35. The van der Waals surface area contributed by atoms with Crippen LogP contribution in [0.25, 0.3) is 0 Å². The zero-order chi connectivity index (χ0) is 25.8. The zero-order valence-corrected chi connectivity index (χ0v) is 21.4. The van der Waals surface area contributed by atoms with Crippen LogP contribution in [0.4, 0.5) is 14.5 Å². The van der Waals surface area contributed by atoms with Crippen molar-refractivity contribution in [1.29, 1.82) is 0 Å². The third-order valence-electron chi connectivity index (χ3n) is 5.26. The van der Waals surface area contributed by atoms with Crippen molar-refractivity contribution in [2.75, 3.05) is 17.2 Å². The zero-order valence-electron chi connectivity index (χ0n) is 19.0. The first kappa shape index (κ1) is 27.1. The highest BCUT2D eigenvalue weighted by molar-refractivity contribution is 7.92. The minimum Gasteiger partial charge on any atom is -0.270 e. The van der Waals surface area contributed by atoms with Crippen LogP contribution in [-0.2, 0) is 30.7 Å². The molecule has 1 atom stereocenters. The van der Waals surface area contributed by atoms with Crippen LogP contribution in [0.5, 0.6) is 0 Å². The van der Waals surface area contributed by atoms with Gasteiger partial charge in [-0.25, -0.2) is 17.2 Å². The summed E-state index contributed by atoms with van der Waals surface area (Å²) in [6.07, 6.45) is 1.67. The van der Waals surface area contributed by atoms with Gasteiger partial charge < -0.3 is 0 Å². The van der Waals surface area contributed by atoms with E-state index in [-0.39, 0.29) is 11.5 Å². The molecule has 0 aromatic heterocycles. The number of nitrogens with zero attached hydrogens (tertiary/aromatic N) is 1. The molecule has 3 aromatic carbocycles. The Morgan fingerprint density at radius 2 is 1.63 bits per heavy atom. The Hall–Kier alpha value is -2.53. The maximum absolute atomic E-state index is 14.9. The van der Waals surface area contributed by atoms with Crippen LogP contribution in [0.3, 0.4) is 0 Å². The van der Waals surface area contributed by atoms with Gasteiger partial charge in [0.05, 0.1) is 29.5 Å². The Morgan fingerprint density at radius 1 is 0.971 bits per heavy atom. The number of anilines is 1. The fourth-order valence-electron chi connectivity index (χ4n) is 3.69. The van der Waals surface area contributed by atoms with Gasteiger partial charge in [-0.15, -0.1) is 0 Å². The number of sulfonamides is 1. The van der Waals surface area contributed by atoms with E-state index in [2.05, 4.69) is 0 Å². The highest BCUT2D eigenvalue weighted by Gasteiger charge is 2.33. The molecule has 0 spiro atoms. The van der Waals surface area contributed by atoms with Gasteiger partial charge >= 0.3 is 0 Å². The van der Waals surface area contributed by atoms with E-state index >= 15 is 0 Å². The van der Waals surface area contributed by atoms with E-state index in [1.54, 1.807) is 31.2 Å². The second-order valence-electron chi connectivity index (χ2n) is 7.85. The number of halogens is 3. The largest absolute Gasteiger partial charge is 0.270 e. The topological polar surface area (TPSA) is 80.8 Å². The molecule has 0 saturated heterocycles. The van der Waals surface area contributed by atoms with Crippen LogP contribution in [0.2, 0.25) is 5.02 Å². The normalized spacial score (nSPS) is 12.9. The van der Waals surface area contributed by atoms with Crippen molar-refractivity contribution in [3.05, 3.63) is 94.5 Å². The molecule has 188 valence electrons. The third-order valence-corrected chi connectivity index (χ3v) is 8.01. The van der Waals surface area contributed by atoms with E-state index in [1.807, 2.05) is 0 Å². The molecule has 0 aliphatic rings. The molecule has 0 heterocycles. The Morgan fingerprint density at radius 3 is 2.29 bits per heavy atom. The number of rotatable bonds is 10. The van der Waals surface area contributed by atoms with E-state index in [0.717, 1.165) is 28.8 Å². The van der Waals surface area contributed by atoms with Crippen molar-refractivity contribution in [2.24, 2.45) is 0 Å². The van der Waals surface area contributed by atoms with Crippen LogP contribution in [0.1, 0.15) is 30.5 Å². The molecule has 6 nitrogen and oxygen atoms in total. The Labute approximate surface area is 209 Å². The van der Waals surface area contributed by atoms with E-state index < -0.39 is 43.5 Å². The van der Waals surface area contributed by atoms with Crippen molar-refractivity contribution in [1.82, 2.24) is 0 Å². The average molecular weight is 544 g/mol. The van der Waals surface area contributed by atoms with Gasteiger partial charge in [-0.1, -0.05) is 35.9 Å².